The minimum Gasteiger partial charge on any atom is -0.493 e. The van der Waals surface area contributed by atoms with Crippen LogP contribution in [-0.4, -0.2) is 42.2 Å². The van der Waals surface area contributed by atoms with Crippen molar-refractivity contribution < 1.29 is 14.6 Å². The average Bonchev–Trinajstić information content (AvgIpc) is 2.52. The summed E-state index contributed by atoms with van der Waals surface area (Å²) in [5.74, 6) is 0.370. The van der Waals surface area contributed by atoms with E-state index in [1.54, 1.807) is 24.3 Å². The number of carbonyl (C=O) groups is 1. The van der Waals surface area contributed by atoms with E-state index in [4.69, 9.17) is 9.84 Å². The van der Waals surface area contributed by atoms with E-state index >= 15 is 0 Å². The monoisotopic (exact) mass is 291 g/mol. The van der Waals surface area contributed by atoms with Crippen molar-refractivity contribution in [2.24, 2.45) is 5.92 Å². The summed E-state index contributed by atoms with van der Waals surface area (Å²) >= 11 is 0. The predicted octanol–water partition coefficient (Wildman–Crippen LogP) is 3.28. The van der Waals surface area contributed by atoms with Gasteiger partial charge in [0.1, 0.15) is 11.3 Å². The summed E-state index contributed by atoms with van der Waals surface area (Å²) in [6, 6.07) is 6.82. The van der Waals surface area contributed by atoms with E-state index < -0.39 is 5.97 Å². The van der Waals surface area contributed by atoms with E-state index in [2.05, 4.69) is 11.8 Å². The Kier molecular flexibility index (Phi) is 6.05. The highest BCUT2D eigenvalue weighted by Gasteiger charge is 2.17. The van der Waals surface area contributed by atoms with Gasteiger partial charge in [0, 0.05) is 13.1 Å². The first kappa shape index (κ1) is 15.8. The molecule has 4 nitrogen and oxygen atoms in total. The number of rotatable bonds is 7. The van der Waals surface area contributed by atoms with Gasteiger partial charge in [0.25, 0.3) is 0 Å². The van der Waals surface area contributed by atoms with Crippen LogP contribution in [-0.2, 0) is 0 Å². The molecule has 0 aliphatic carbocycles. The van der Waals surface area contributed by atoms with Gasteiger partial charge in [-0.2, -0.15) is 0 Å². The van der Waals surface area contributed by atoms with Crippen molar-refractivity contribution >= 4 is 5.97 Å². The molecule has 1 aromatic carbocycles. The first-order valence-electron chi connectivity index (χ1n) is 7.88. The van der Waals surface area contributed by atoms with E-state index in [0.717, 1.165) is 18.9 Å². The molecule has 1 atom stereocenters. The number of carboxylic acids is 1. The maximum absolute atomic E-state index is 11.1. The van der Waals surface area contributed by atoms with Gasteiger partial charge in [-0.1, -0.05) is 25.5 Å². The van der Waals surface area contributed by atoms with E-state index in [9.17, 15) is 4.79 Å². The van der Waals surface area contributed by atoms with Gasteiger partial charge in [-0.3, -0.25) is 0 Å². The van der Waals surface area contributed by atoms with Gasteiger partial charge < -0.3 is 14.7 Å². The molecule has 1 N–H and O–H groups in total. The lowest BCUT2D eigenvalue weighted by Gasteiger charge is -2.32. The topological polar surface area (TPSA) is 49.8 Å². The Morgan fingerprint density at radius 1 is 1.43 bits per heavy atom. The van der Waals surface area contributed by atoms with Crippen LogP contribution in [0.2, 0.25) is 0 Å². The van der Waals surface area contributed by atoms with Crippen molar-refractivity contribution in [2.75, 3.05) is 26.2 Å². The Hall–Kier alpha value is -1.55. The molecule has 1 aromatic rings. The molecule has 1 aliphatic heterocycles. The Morgan fingerprint density at radius 3 is 3.00 bits per heavy atom. The summed E-state index contributed by atoms with van der Waals surface area (Å²) < 4.78 is 5.64. The second kappa shape index (κ2) is 8.03. The second-order valence-electron chi connectivity index (χ2n) is 5.72. The van der Waals surface area contributed by atoms with Crippen LogP contribution in [0, 0.1) is 5.92 Å². The summed E-state index contributed by atoms with van der Waals surface area (Å²) in [6.07, 6.45) is 4.85. The van der Waals surface area contributed by atoms with Crippen LogP contribution in [0.1, 0.15) is 43.0 Å². The van der Waals surface area contributed by atoms with E-state index in [1.807, 2.05) is 0 Å². The molecule has 1 unspecified atom stereocenters. The molecular formula is C17H25NO3. The van der Waals surface area contributed by atoms with E-state index in [0.29, 0.717) is 12.4 Å². The lowest BCUT2D eigenvalue weighted by atomic mass is 9.96. The Labute approximate surface area is 126 Å². The quantitative estimate of drug-likeness (QED) is 0.783. The molecule has 1 saturated heterocycles. The van der Waals surface area contributed by atoms with Crippen LogP contribution in [0.4, 0.5) is 0 Å². The number of benzene rings is 1. The number of likely N-dealkylation sites (tertiary alicyclic amines) is 1. The van der Waals surface area contributed by atoms with Gasteiger partial charge in [0.15, 0.2) is 0 Å². The highest BCUT2D eigenvalue weighted by atomic mass is 16.5. The zero-order valence-electron chi connectivity index (χ0n) is 12.8. The summed E-state index contributed by atoms with van der Waals surface area (Å²) in [7, 11) is 0. The Bertz CT molecular complexity index is 461. The largest absolute Gasteiger partial charge is 0.493 e. The Morgan fingerprint density at radius 2 is 2.24 bits per heavy atom. The highest BCUT2D eigenvalue weighted by molar-refractivity contribution is 5.90. The van der Waals surface area contributed by atoms with Crippen molar-refractivity contribution in [2.45, 2.75) is 32.6 Å². The van der Waals surface area contributed by atoms with Gasteiger partial charge in [0.2, 0.25) is 0 Å². The van der Waals surface area contributed by atoms with Crippen molar-refractivity contribution in [1.29, 1.82) is 0 Å². The molecule has 2 rings (SSSR count). The molecule has 1 fully saturated rings. The lowest BCUT2D eigenvalue weighted by Crippen LogP contribution is -2.36. The standard InChI is InChI=1S/C17H25NO3/c1-2-14-7-5-10-18(13-14)11-6-12-21-16-9-4-3-8-15(16)17(19)20/h3-4,8-9,14H,2,5-7,10-13H2,1H3,(H,19,20). The minimum atomic E-state index is -0.938. The van der Waals surface area contributed by atoms with Crippen LogP contribution < -0.4 is 4.74 Å². The third kappa shape index (κ3) is 4.74. The lowest BCUT2D eigenvalue weighted by molar-refractivity contribution is 0.0692. The molecule has 116 valence electrons. The van der Waals surface area contributed by atoms with Crippen LogP contribution in [0.3, 0.4) is 0 Å². The van der Waals surface area contributed by atoms with E-state index in [1.165, 1.54) is 32.4 Å². The zero-order valence-corrected chi connectivity index (χ0v) is 12.8. The summed E-state index contributed by atoms with van der Waals surface area (Å²) in [5, 5.41) is 9.09. The molecule has 0 bridgehead atoms. The van der Waals surface area contributed by atoms with Crippen molar-refractivity contribution in [3.8, 4) is 5.75 Å². The number of aromatic carboxylic acids is 1. The van der Waals surface area contributed by atoms with Gasteiger partial charge in [0.05, 0.1) is 6.61 Å². The van der Waals surface area contributed by atoms with Crippen LogP contribution in [0.5, 0.6) is 5.75 Å². The normalized spacial score (nSPS) is 19.4. The number of carboxylic acid groups (broad SMARTS) is 1. The van der Waals surface area contributed by atoms with Crippen LogP contribution in [0.15, 0.2) is 24.3 Å². The second-order valence-corrected chi connectivity index (χ2v) is 5.72. The fraction of sp³-hybridized carbons (Fsp3) is 0.588. The van der Waals surface area contributed by atoms with Gasteiger partial charge in [-0.15, -0.1) is 0 Å². The molecule has 1 aliphatic rings. The molecule has 0 amide bonds. The Balaban J connectivity index is 1.74. The maximum Gasteiger partial charge on any atom is 0.339 e. The zero-order chi connectivity index (χ0) is 15.1. The molecule has 21 heavy (non-hydrogen) atoms. The first-order chi connectivity index (χ1) is 10.2. The molecule has 0 aromatic heterocycles. The predicted molar refractivity (Wildman–Crippen MR) is 83.0 cm³/mol. The first-order valence-corrected chi connectivity index (χ1v) is 7.88. The summed E-state index contributed by atoms with van der Waals surface area (Å²) in [6.45, 7) is 6.24. The van der Waals surface area contributed by atoms with Crippen molar-refractivity contribution in [3.63, 3.8) is 0 Å². The van der Waals surface area contributed by atoms with Gasteiger partial charge in [-0.25, -0.2) is 4.79 Å². The molecule has 4 heteroatoms. The number of hydrogen-bond donors (Lipinski definition) is 1. The third-order valence-corrected chi connectivity index (χ3v) is 4.17. The van der Waals surface area contributed by atoms with Crippen LogP contribution in [0.25, 0.3) is 0 Å². The summed E-state index contributed by atoms with van der Waals surface area (Å²) in [4.78, 5) is 13.6. The van der Waals surface area contributed by atoms with E-state index in [-0.39, 0.29) is 5.56 Å². The molecule has 0 spiro atoms. The highest BCUT2D eigenvalue weighted by Crippen LogP contribution is 2.20. The molecule has 1 heterocycles. The summed E-state index contributed by atoms with van der Waals surface area (Å²) in [5.41, 5.74) is 0.238. The fourth-order valence-corrected chi connectivity index (χ4v) is 2.93. The number of nitrogens with zero attached hydrogens (tertiary/aromatic N) is 1. The van der Waals surface area contributed by atoms with Crippen molar-refractivity contribution in [1.82, 2.24) is 4.90 Å². The van der Waals surface area contributed by atoms with Crippen LogP contribution >= 0.6 is 0 Å². The number of hydrogen-bond acceptors (Lipinski definition) is 3. The number of piperidine rings is 1. The molecule has 0 saturated carbocycles. The average molecular weight is 291 g/mol. The number of para-hydroxylation sites is 1. The minimum absolute atomic E-state index is 0.238. The molecule has 0 radical (unpaired) electrons. The number of ether oxygens (including phenoxy) is 1. The fourth-order valence-electron chi connectivity index (χ4n) is 2.93. The third-order valence-electron chi connectivity index (χ3n) is 4.17. The SMILES string of the molecule is CCC1CCCN(CCCOc2ccccc2C(=O)O)C1. The van der Waals surface area contributed by atoms with Gasteiger partial charge >= 0.3 is 5.97 Å². The maximum atomic E-state index is 11.1. The smallest absolute Gasteiger partial charge is 0.339 e. The molecular weight excluding hydrogens is 266 g/mol. The van der Waals surface area contributed by atoms with Crippen molar-refractivity contribution in [3.05, 3.63) is 29.8 Å². The van der Waals surface area contributed by atoms with Gasteiger partial charge in [-0.05, 0) is 43.9 Å².